The molecule has 0 amide bonds. The van der Waals surface area contributed by atoms with E-state index in [0.29, 0.717) is 5.92 Å². The fourth-order valence-electron chi connectivity index (χ4n) is 2.80. The van der Waals surface area contributed by atoms with Crippen molar-refractivity contribution in [2.24, 2.45) is 0 Å². The first kappa shape index (κ1) is 18.7. The van der Waals surface area contributed by atoms with Gasteiger partial charge in [0.05, 0.1) is 0 Å². The van der Waals surface area contributed by atoms with E-state index in [1.807, 2.05) is 0 Å². The highest BCUT2D eigenvalue weighted by Crippen LogP contribution is 2.28. The third-order valence-corrected chi connectivity index (χ3v) is 4.79. The minimum atomic E-state index is 0.637. The molecule has 1 unspecified atom stereocenters. The number of nitrogens with one attached hydrogen (secondary N) is 1. The largest absolute Gasteiger partial charge is 0.316 e. The second kappa shape index (κ2) is 12.2. The smallest absolute Gasteiger partial charge is 0.0210 e. The van der Waals surface area contributed by atoms with Crippen LogP contribution < -0.4 is 5.32 Å². The molecule has 0 radical (unpaired) electrons. The molecule has 0 spiro atoms. The van der Waals surface area contributed by atoms with Gasteiger partial charge >= 0.3 is 0 Å². The zero-order valence-electron chi connectivity index (χ0n) is 13.8. The van der Waals surface area contributed by atoms with E-state index >= 15 is 0 Å². The maximum Gasteiger partial charge on any atom is 0.0210 e. The van der Waals surface area contributed by atoms with Crippen LogP contribution in [0.3, 0.4) is 0 Å². The number of hydrogen-bond acceptors (Lipinski definition) is 1. The first-order valence-corrected chi connectivity index (χ1v) is 9.54. The molecule has 0 aliphatic rings. The summed E-state index contributed by atoms with van der Waals surface area (Å²) in [4.78, 5) is 0. The first-order chi connectivity index (χ1) is 10.3. The predicted molar refractivity (Wildman–Crippen MR) is 98.0 cm³/mol. The maximum atomic E-state index is 3.72. The molecule has 1 N–H and O–H groups in total. The van der Waals surface area contributed by atoms with Crippen LogP contribution in [0.1, 0.15) is 76.7 Å². The average Bonchev–Trinajstić information content (AvgIpc) is 2.50. The average molecular weight is 354 g/mol. The van der Waals surface area contributed by atoms with E-state index in [0.717, 1.165) is 13.1 Å². The summed E-state index contributed by atoms with van der Waals surface area (Å²) in [6, 6.07) is 8.71. The Hall–Kier alpha value is -0.340. The molecule has 0 bridgehead atoms. The van der Waals surface area contributed by atoms with E-state index in [-0.39, 0.29) is 0 Å². The second-order valence-electron chi connectivity index (χ2n) is 5.98. The maximum absolute atomic E-state index is 3.72. The van der Waals surface area contributed by atoms with E-state index in [4.69, 9.17) is 0 Å². The van der Waals surface area contributed by atoms with E-state index in [2.05, 4.69) is 59.4 Å². The molecule has 0 aliphatic carbocycles. The van der Waals surface area contributed by atoms with Crippen molar-refractivity contribution in [2.75, 3.05) is 13.1 Å². The normalized spacial score (nSPS) is 12.5. The predicted octanol–water partition coefficient (Wildman–Crippen LogP) is 6.28. The van der Waals surface area contributed by atoms with Crippen LogP contribution in [-0.2, 0) is 0 Å². The molecule has 0 aliphatic heterocycles. The molecule has 1 aromatic rings. The summed E-state index contributed by atoms with van der Waals surface area (Å²) in [7, 11) is 0. The summed E-state index contributed by atoms with van der Waals surface area (Å²) in [6.07, 6.45) is 10.8. The molecule has 0 saturated heterocycles. The molecular formula is C19H32BrN. The van der Waals surface area contributed by atoms with Crippen molar-refractivity contribution in [3.63, 3.8) is 0 Å². The molecule has 0 aromatic heterocycles. The zero-order chi connectivity index (χ0) is 15.3. The Morgan fingerprint density at radius 2 is 1.67 bits per heavy atom. The van der Waals surface area contributed by atoms with Gasteiger partial charge in [0.2, 0.25) is 0 Å². The Kier molecular flexibility index (Phi) is 10.9. The van der Waals surface area contributed by atoms with Crippen molar-refractivity contribution in [3.8, 4) is 0 Å². The monoisotopic (exact) mass is 353 g/mol. The van der Waals surface area contributed by atoms with Crippen molar-refractivity contribution in [3.05, 3.63) is 34.3 Å². The molecule has 0 saturated carbocycles. The molecule has 1 aromatic carbocycles. The molecule has 0 fully saturated rings. The fourth-order valence-corrected chi connectivity index (χ4v) is 3.41. The minimum absolute atomic E-state index is 0.637. The van der Waals surface area contributed by atoms with Gasteiger partial charge in [0.15, 0.2) is 0 Å². The summed E-state index contributed by atoms with van der Waals surface area (Å²) in [5, 5.41) is 3.60. The number of unbranched alkanes of at least 4 members (excludes halogenated alkanes) is 5. The number of hydrogen-bond donors (Lipinski definition) is 1. The van der Waals surface area contributed by atoms with Crippen LogP contribution in [0.5, 0.6) is 0 Å². The quantitative estimate of drug-likeness (QED) is 0.435. The minimum Gasteiger partial charge on any atom is -0.316 e. The van der Waals surface area contributed by atoms with Crippen molar-refractivity contribution < 1.29 is 0 Å². The van der Waals surface area contributed by atoms with E-state index < -0.39 is 0 Å². The molecule has 21 heavy (non-hydrogen) atoms. The molecule has 1 nitrogen and oxygen atoms in total. The van der Waals surface area contributed by atoms with Gasteiger partial charge in [-0.1, -0.05) is 86.5 Å². The lowest BCUT2D eigenvalue weighted by Crippen LogP contribution is -2.22. The second-order valence-corrected chi connectivity index (χ2v) is 6.83. The molecule has 1 atom stereocenters. The van der Waals surface area contributed by atoms with Crippen LogP contribution in [0.15, 0.2) is 28.7 Å². The Morgan fingerprint density at radius 3 is 2.38 bits per heavy atom. The topological polar surface area (TPSA) is 12.0 Å². The highest BCUT2D eigenvalue weighted by Gasteiger charge is 2.13. The lowest BCUT2D eigenvalue weighted by molar-refractivity contribution is 0.505. The number of rotatable bonds is 12. The zero-order valence-corrected chi connectivity index (χ0v) is 15.4. The van der Waals surface area contributed by atoms with Gasteiger partial charge in [-0.15, -0.1) is 0 Å². The molecule has 0 heterocycles. The SMILES string of the molecule is CCCCCCCCC(CNCCC)c1ccccc1Br. The van der Waals surface area contributed by atoms with E-state index in [1.54, 1.807) is 0 Å². The van der Waals surface area contributed by atoms with E-state index in [1.165, 1.54) is 61.4 Å². The summed E-state index contributed by atoms with van der Waals surface area (Å²) >= 11 is 3.72. The van der Waals surface area contributed by atoms with Gasteiger partial charge in [0, 0.05) is 11.0 Å². The standard InChI is InChI=1S/C19H32BrN/c1-3-5-6-7-8-9-12-17(16-21-15-4-2)18-13-10-11-14-19(18)20/h10-11,13-14,17,21H,3-9,12,15-16H2,1-2H3. The van der Waals surface area contributed by atoms with Crippen molar-refractivity contribution in [1.82, 2.24) is 5.32 Å². The Bertz CT molecular complexity index is 364. The molecular weight excluding hydrogens is 322 g/mol. The van der Waals surface area contributed by atoms with Crippen LogP contribution in [0, 0.1) is 0 Å². The van der Waals surface area contributed by atoms with Gasteiger partial charge in [-0.05, 0) is 36.9 Å². The number of benzene rings is 1. The third-order valence-electron chi connectivity index (χ3n) is 4.07. The van der Waals surface area contributed by atoms with Crippen LogP contribution in [0.25, 0.3) is 0 Å². The fraction of sp³-hybridized carbons (Fsp3) is 0.684. The molecule has 120 valence electrons. The lowest BCUT2D eigenvalue weighted by Gasteiger charge is -2.19. The van der Waals surface area contributed by atoms with Crippen LogP contribution in [-0.4, -0.2) is 13.1 Å². The van der Waals surface area contributed by atoms with Crippen LogP contribution in [0.2, 0.25) is 0 Å². The Labute approximate surface area is 140 Å². The molecule has 1 rings (SSSR count). The third kappa shape index (κ3) is 8.01. The van der Waals surface area contributed by atoms with Gasteiger partial charge in [0.1, 0.15) is 0 Å². The summed E-state index contributed by atoms with van der Waals surface area (Å²) in [5.41, 5.74) is 1.47. The van der Waals surface area contributed by atoms with Gasteiger partial charge in [-0.25, -0.2) is 0 Å². The van der Waals surface area contributed by atoms with Crippen molar-refractivity contribution >= 4 is 15.9 Å². The lowest BCUT2D eigenvalue weighted by atomic mass is 9.92. The van der Waals surface area contributed by atoms with Gasteiger partial charge < -0.3 is 5.32 Å². The Morgan fingerprint density at radius 1 is 0.952 bits per heavy atom. The molecule has 2 heteroatoms. The first-order valence-electron chi connectivity index (χ1n) is 8.74. The summed E-state index contributed by atoms with van der Waals surface area (Å²) in [6.45, 7) is 6.74. The van der Waals surface area contributed by atoms with Crippen LogP contribution >= 0.6 is 15.9 Å². The highest BCUT2D eigenvalue weighted by molar-refractivity contribution is 9.10. The summed E-state index contributed by atoms with van der Waals surface area (Å²) in [5.74, 6) is 0.637. The Balaban J connectivity index is 2.43. The number of halogens is 1. The van der Waals surface area contributed by atoms with Gasteiger partial charge in [0.25, 0.3) is 0 Å². The highest BCUT2D eigenvalue weighted by atomic mass is 79.9. The van der Waals surface area contributed by atoms with Crippen LogP contribution in [0.4, 0.5) is 0 Å². The van der Waals surface area contributed by atoms with Crippen molar-refractivity contribution in [2.45, 2.75) is 71.1 Å². The van der Waals surface area contributed by atoms with Gasteiger partial charge in [-0.2, -0.15) is 0 Å². The summed E-state index contributed by atoms with van der Waals surface area (Å²) < 4.78 is 1.26. The van der Waals surface area contributed by atoms with E-state index in [9.17, 15) is 0 Å². The van der Waals surface area contributed by atoms with Gasteiger partial charge in [-0.3, -0.25) is 0 Å². The van der Waals surface area contributed by atoms with Crippen molar-refractivity contribution in [1.29, 1.82) is 0 Å².